The van der Waals surface area contributed by atoms with Crippen molar-refractivity contribution in [2.24, 2.45) is 0 Å². The molecule has 1 fully saturated rings. The summed E-state index contributed by atoms with van der Waals surface area (Å²) in [7, 11) is 3.47. The molecule has 13 heteroatoms. The molecule has 4 heterocycles. The maximum atomic E-state index is 14.2. The van der Waals surface area contributed by atoms with Gasteiger partial charge in [0.1, 0.15) is 5.69 Å². The molecule has 0 amide bonds. The Bertz CT molecular complexity index is 1390. The summed E-state index contributed by atoms with van der Waals surface area (Å²) in [5, 5.41) is 8.43. The number of alkyl halides is 4. The molecule has 8 nitrogen and oxygen atoms in total. The molecule has 36 heavy (non-hydrogen) atoms. The van der Waals surface area contributed by atoms with Crippen LogP contribution in [0.3, 0.4) is 0 Å². The van der Waals surface area contributed by atoms with Crippen molar-refractivity contribution in [2.45, 2.75) is 44.6 Å². The highest BCUT2D eigenvalue weighted by Crippen LogP contribution is 2.32. The van der Waals surface area contributed by atoms with E-state index < -0.39 is 29.5 Å². The van der Waals surface area contributed by atoms with Crippen molar-refractivity contribution in [3.8, 4) is 11.3 Å². The molecule has 1 unspecified atom stereocenters. The van der Waals surface area contributed by atoms with E-state index in [1.54, 1.807) is 11.8 Å². The van der Waals surface area contributed by atoms with Crippen LogP contribution in [-0.2, 0) is 6.54 Å². The lowest BCUT2D eigenvalue weighted by molar-refractivity contribution is 0.0114. The van der Waals surface area contributed by atoms with Crippen molar-refractivity contribution in [3.63, 3.8) is 0 Å². The zero-order valence-corrected chi connectivity index (χ0v) is 20.2. The van der Waals surface area contributed by atoms with Crippen LogP contribution >= 0.6 is 8.86 Å². The molecular formula is C23H23F4N6O2P. The summed E-state index contributed by atoms with van der Waals surface area (Å²) >= 11 is 0. The highest BCUT2D eigenvalue weighted by atomic mass is 31.0. The van der Waals surface area contributed by atoms with Crippen LogP contribution in [0.5, 0.6) is 0 Å². The van der Waals surface area contributed by atoms with Gasteiger partial charge in [-0.3, -0.25) is 19.7 Å². The number of nitrogens with zero attached hydrogens (tertiary/aromatic N) is 4. The summed E-state index contributed by atoms with van der Waals surface area (Å²) in [5.74, 6) is -3.97. The molecule has 3 aromatic rings. The van der Waals surface area contributed by atoms with Crippen molar-refractivity contribution in [3.05, 3.63) is 73.9 Å². The van der Waals surface area contributed by atoms with E-state index in [4.69, 9.17) is 0 Å². The summed E-state index contributed by atoms with van der Waals surface area (Å²) in [6, 6.07) is 4.54. The first-order valence-corrected chi connectivity index (χ1v) is 11.6. The van der Waals surface area contributed by atoms with Gasteiger partial charge >= 0.3 is 5.69 Å². The zero-order valence-electron chi connectivity index (χ0n) is 19.2. The van der Waals surface area contributed by atoms with Crippen LogP contribution in [0.1, 0.15) is 41.3 Å². The molecule has 0 aromatic carbocycles. The second kappa shape index (κ2) is 10.4. The predicted molar refractivity (Wildman–Crippen MR) is 128 cm³/mol. The van der Waals surface area contributed by atoms with E-state index in [0.717, 1.165) is 0 Å². The molecule has 0 bridgehead atoms. The van der Waals surface area contributed by atoms with Crippen molar-refractivity contribution >= 4 is 14.2 Å². The van der Waals surface area contributed by atoms with Crippen LogP contribution in [0.4, 0.5) is 17.6 Å². The largest absolute Gasteiger partial charge is 0.325 e. The molecule has 1 aliphatic heterocycles. The Kier molecular flexibility index (Phi) is 7.46. The number of nitrogens with one attached hydrogen (secondary N) is 2. The van der Waals surface area contributed by atoms with Gasteiger partial charge in [0, 0.05) is 43.4 Å². The number of halogens is 4. The summed E-state index contributed by atoms with van der Waals surface area (Å²) in [5.41, 5.74) is 0.576. The summed E-state index contributed by atoms with van der Waals surface area (Å²) < 4.78 is 55.3. The van der Waals surface area contributed by atoms with Crippen LogP contribution in [0.25, 0.3) is 11.3 Å². The Morgan fingerprint density at radius 3 is 2.69 bits per heavy atom. The van der Waals surface area contributed by atoms with E-state index in [1.807, 2.05) is 0 Å². The Hall–Kier alpha value is -3.24. The van der Waals surface area contributed by atoms with Gasteiger partial charge in [-0.05, 0) is 42.4 Å². The first-order chi connectivity index (χ1) is 17.0. The fourth-order valence-corrected chi connectivity index (χ4v) is 4.63. The van der Waals surface area contributed by atoms with Crippen molar-refractivity contribution < 1.29 is 17.6 Å². The molecule has 1 saturated heterocycles. The van der Waals surface area contributed by atoms with Crippen LogP contribution in [0, 0.1) is 6.92 Å². The van der Waals surface area contributed by atoms with Crippen molar-refractivity contribution in [1.82, 2.24) is 30.0 Å². The standard InChI is InChI=1S/C23H23F4N6O2P/c1-12-15(7-18(32-31-12)17-9-29-22(35)30-21(17)34)19(36)8-16(20(24)25)13-2-4-28-14(6-13)10-33-5-3-23(26,27)11-33/h2,4,6-7,9,16,20,36H,3,5,8,10-11H2,1H3,(H2,29,30,34,35). The molecule has 2 N–H and O–H groups in total. The van der Waals surface area contributed by atoms with Crippen molar-refractivity contribution in [1.29, 1.82) is 0 Å². The maximum absolute atomic E-state index is 14.2. The van der Waals surface area contributed by atoms with Gasteiger partial charge in [0.25, 0.3) is 11.5 Å². The SMILES string of the molecule is Cc1nnc(-c2c[nH]c(=O)[nH]c2=O)cc1C(=P)CC(c1ccnc(CN2CCC(F)(F)C2)c1)C(F)F. The highest BCUT2D eigenvalue weighted by molar-refractivity contribution is 7.22. The molecular weight excluding hydrogens is 499 g/mol. The fourth-order valence-electron chi connectivity index (χ4n) is 4.16. The quantitative estimate of drug-likeness (QED) is 0.348. The number of H-pyrrole nitrogens is 2. The number of pyridine rings is 1. The first kappa shape index (κ1) is 25.8. The fraction of sp³-hybridized carbons (Fsp3) is 0.391. The van der Waals surface area contributed by atoms with Gasteiger partial charge < -0.3 is 4.98 Å². The lowest BCUT2D eigenvalue weighted by atomic mass is 9.92. The lowest BCUT2D eigenvalue weighted by Crippen LogP contribution is -2.25. The second-order valence-electron chi connectivity index (χ2n) is 8.74. The van der Waals surface area contributed by atoms with E-state index in [-0.39, 0.29) is 43.7 Å². The monoisotopic (exact) mass is 522 g/mol. The predicted octanol–water partition coefficient (Wildman–Crippen LogP) is 3.17. The van der Waals surface area contributed by atoms with Crippen LogP contribution < -0.4 is 11.2 Å². The third-order valence-corrected chi connectivity index (χ3v) is 6.50. The van der Waals surface area contributed by atoms with Gasteiger partial charge in [-0.15, -0.1) is 14.0 Å². The van der Waals surface area contributed by atoms with Crippen LogP contribution in [-0.4, -0.2) is 60.8 Å². The number of hydrogen-bond acceptors (Lipinski definition) is 6. The first-order valence-electron chi connectivity index (χ1n) is 11.1. The third-order valence-electron chi connectivity index (χ3n) is 6.03. The Balaban J connectivity index is 1.56. The summed E-state index contributed by atoms with van der Waals surface area (Å²) in [6.07, 6.45) is -0.455. The average molecular weight is 522 g/mol. The van der Waals surface area contributed by atoms with Crippen molar-refractivity contribution in [2.75, 3.05) is 13.1 Å². The average Bonchev–Trinajstić information content (AvgIpc) is 3.15. The van der Waals surface area contributed by atoms with E-state index in [9.17, 15) is 27.2 Å². The topological polar surface area (TPSA) is 108 Å². The molecule has 1 aliphatic rings. The molecule has 3 aromatic heterocycles. The number of aromatic amines is 2. The minimum absolute atomic E-state index is 0.0690. The molecule has 190 valence electrons. The maximum Gasteiger partial charge on any atom is 0.325 e. The van der Waals surface area contributed by atoms with E-state index in [0.29, 0.717) is 27.8 Å². The van der Waals surface area contributed by atoms with Gasteiger partial charge in [0.2, 0.25) is 6.43 Å². The smallest absolute Gasteiger partial charge is 0.313 e. The highest BCUT2D eigenvalue weighted by Gasteiger charge is 2.38. The number of hydrogen-bond donors (Lipinski definition) is 2. The summed E-state index contributed by atoms with van der Waals surface area (Å²) in [4.78, 5) is 33.6. The second-order valence-corrected chi connectivity index (χ2v) is 9.34. The van der Waals surface area contributed by atoms with Gasteiger partial charge in [0.05, 0.1) is 23.5 Å². The molecule has 0 saturated carbocycles. The Morgan fingerprint density at radius 1 is 1.25 bits per heavy atom. The van der Waals surface area contributed by atoms with E-state index in [2.05, 4.69) is 34.0 Å². The number of rotatable bonds is 8. The molecule has 4 rings (SSSR count). The van der Waals surface area contributed by atoms with E-state index >= 15 is 0 Å². The number of aryl methyl sites for hydroxylation is 1. The van der Waals surface area contributed by atoms with Gasteiger partial charge in [-0.2, -0.15) is 5.10 Å². The lowest BCUT2D eigenvalue weighted by Gasteiger charge is -2.20. The van der Waals surface area contributed by atoms with Gasteiger partial charge in [-0.1, -0.05) is 0 Å². The molecule has 0 aliphatic carbocycles. The van der Waals surface area contributed by atoms with Crippen LogP contribution in [0.15, 0.2) is 40.2 Å². The molecule has 0 radical (unpaired) electrons. The Labute approximate surface area is 205 Å². The minimum atomic E-state index is -2.75. The summed E-state index contributed by atoms with van der Waals surface area (Å²) in [6.45, 7) is 1.63. The molecule has 1 atom stereocenters. The van der Waals surface area contributed by atoms with Gasteiger partial charge in [0.15, 0.2) is 0 Å². The van der Waals surface area contributed by atoms with Gasteiger partial charge in [-0.25, -0.2) is 22.4 Å². The van der Waals surface area contributed by atoms with E-state index in [1.165, 1.54) is 30.6 Å². The zero-order chi connectivity index (χ0) is 26.0. The third kappa shape index (κ3) is 5.93. The minimum Gasteiger partial charge on any atom is -0.313 e. The normalized spacial score (nSPS) is 16.4. The Morgan fingerprint density at radius 2 is 2.03 bits per heavy atom. The number of aromatic nitrogens is 5. The molecule has 0 spiro atoms. The number of likely N-dealkylation sites (tertiary alicyclic amines) is 1. The van der Waals surface area contributed by atoms with Crippen LogP contribution in [0.2, 0.25) is 0 Å².